The highest BCUT2D eigenvalue weighted by Crippen LogP contribution is 2.29. The number of hydrogen-bond donors (Lipinski definition) is 0. The summed E-state index contributed by atoms with van der Waals surface area (Å²) in [6.45, 7) is 3.75. The molecule has 0 saturated carbocycles. The van der Waals surface area contributed by atoms with Gasteiger partial charge in [0.2, 0.25) is 0 Å². The predicted octanol–water partition coefficient (Wildman–Crippen LogP) is 3.24. The predicted molar refractivity (Wildman–Crippen MR) is 87.3 cm³/mol. The number of amides is 1. The van der Waals surface area contributed by atoms with E-state index in [0.29, 0.717) is 5.92 Å². The lowest BCUT2D eigenvalue weighted by Gasteiger charge is -2.31. The van der Waals surface area contributed by atoms with E-state index >= 15 is 0 Å². The molecule has 5 heteroatoms. The number of carbonyl (C=O) groups is 1. The number of para-hydroxylation sites is 1. The van der Waals surface area contributed by atoms with E-state index in [0.717, 1.165) is 36.7 Å². The molecule has 116 valence electrons. The van der Waals surface area contributed by atoms with Crippen LogP contribution in [0.4, 0.5) is 0 Å². The molecule has 2 aromatic rings. The Balaban J connectivity index is 1.56. The Bertz CT molecular complexity index is 627. The van der Waals surface area contributed by atoms with Gasteiger partial charge in [-0.3, -0.25) is 4.79 Å². The first-order valence-electron chi connectivity index (χ1n) is 7.60. The van der Waals surface area contributed by atoms with Gasteiger partial charge < -0.3 is 9.64 Å². The van der Waals surface area contributed by atoms with Crippen molar-refractivity contribution in [3.63, 3.8) is 0 Å². The van der Waals surface area contributed by atoms with Crippen LogP contribution in [0.3, 0.4) is 0 Å². The SMILES string of the molecule is Cc1cnc(C2CCCN(C(=O)COc3ccccc3)C2)s1. The van der Waals surface area contributed by atoms with Crippen LogP contribution in [0, 0.1) is 6.92 Å². The topological polar surface area (TPSA) is 42.4 Å². The van der Waals surface area contributed by atoms with Crippen LogP contribution in [0.2, 0.25) is 0 Å². The standard InChI is InChI=1S/C17H20N2O2S/c1-13-10-18-17(22-13)14-6-5-9-19(11-14)16(20)12-21-15-7-3-2-4-8-15/h2-4,7-8,10,14H,5-6,9,11-12H2,1H3. The van der Waals surface area contributed by atoms with E-state index in [2.05, 4.69) is 11.9 Å². The number of aryl methyl sites for hydroxylation is 1. The van der Waals surface area contributed by atoms with Crippen molar-refractivity contribution in [3.8, 4) is 5.75 Å². The van der Waals surface area contributed by atoms with Gasteiger partial charge in [0.25, 0.3) is 5.91 Å². The molecule has 0 bridgehead atoms. The maximum atomic E-state index is 12.3. The van der Waals surface area contributed by atoms with Crippen molar-refractivity contribution in [2.24, 2.45) is 0 Å². The van der Waals surface area contributed by atoms with E-state index in [4.69, 9.17) is 4.74 Å². The second-order valence-electron chi connectivity index (χ2n) is 5.59. The van der Waals surface area contributed by atoms with Gasteiger partial charge in [-0.2, -0.15) is 0 Å². The van der Waals surface area contributed by atoms with Crippen LogP contribution < -0.4 is 4.74 Å². The molecule has 0 spiro atoms. The Hall–Kier alpha value is -1.88. The molecule has 1 unspecified atom stereocenters. The summed E-state index contributed by atoms with van der Waals surface area (Å²) in [5.41, 5.74) is 0. The minimum atomic E-state index is 0.0573. The molecule has 2 heterocycles. The second kappa shape index (κ2) is 6.92. The number of thiazole rings is 1. The van der Waals surface area contributed by atoms with Gasteiger partial charge in [-0.05, 0) is 31.9 Å². The molecule has 1 aliphatic heterocycles. The summed E-state index contributed by atoms with van der Waals surface area (Å²) in [4.78, 5) is 20.0. The van der Waals surface area contributed by atoms with E-state index in [-0.39, 0.29) is 12.5 Å². The Morgan fingerprint density at radius 1 is 1.41 bits per heavy atom. The van der Waals surface area contributed by atoms with Crippen LogP contribution in [0.5, 0.6) is 5.75 Å². The smallest absolute Gasteiger partial charge is 0.260 e. The van der Waals surface area contributed by atoms with Crippen LogP contribution in [0.25, 0.3) is 0 Å². The molecule has 22 heavy (non-hydrogen) atoms. The zero-order chi connectivity index (χ0) is 15.4. The Labute approximate surface area is 134 Å². The van der Waals surface area contributed by atoms with Crippen molar-refractivity contribution in [1.82, 2.24) is 9.88 Å². The lowest BCUT2D eigenvalue weighted by molar-refractivity contribution is -0.134. The number of rotatable bonds is 4. The van der Waals surface area contributed by atoms with Crippen LogP contribution in [0.15, 0.2) is 36.5 Å². The Morgan fingerprint density at radius 3 is 2.95 bits per heavy atom. The Kier molecular flexibility index (Phi) is 4.73. The normalized spacial score (nSPS) is 18.2. The van der Waals surface area contributed by atoms with Gasteiger partial charge in [-0.15, -0.1) is 11.3 Å². The molecule has 1 aromatic carbocycles. The highest BCUT2D eigenvalue weighted by molar-refractivity contribution is 7.11. The molecular formula is C17H20N2O2S. The zero-order valence-corrected chi connectivity index (χ0v) is 13.5. The van der Waals surface area contributed by atoms with E-state index in [1.54, 1.807) is 11.3 Å². The highest BCUT2D eigenvalue weighted by atomic mass is 32.1. The van der Waals surface area contributed by atoms with Crippen molar-refractivity contribution in [2.45, 2.75) is 25.7 Å². The van der Waals surface area contributed by atoms with Crippen LogP contribution >= 0.6 is 11.3 Å². The third-order valence-corrected chi connectivity index (χ3v) is 4.94. The summed E-state index contributed by atoms with van der Waals surface area (Å²) >= 11 is 1.74. The number of hydrogen-bond acceptors (Lipinski definition) is 4. The molecule has 1 aromatic heterocycles. The van der Waals surface area contributed by atoms with Crippen molar-refractivity contribution >= 4 is 17.2 Å². The maximum Gasteiger partial charge on any atom is 0.260 e. The van der Waals surface area contributed by atoms with Crippen LogP contribution in [-0.4, -0.2) is 35.5 Å². The molecule has 1 atom stereocenters. The quantitative estimate of drug-likeness (QED) is 0.869. The number of nitrogens with zero attached hydrogens (tertiary/aromatic N) is 2. The van der Waals surface area contributed by atoms with Gasteiger partial charge in [-0.1, -0.05) is 18.2 Å². The van der Waals surface area contributed by atoms with Crippen LogP contribution in [-0.2, 0) is 4.79 Å². The largest absolute Gasteiger partial charge is 0.484 e. The monoisotopic (exact) mass is 316 g/mol. The first-order valence-corrected chi connectivity index (χ1v) is 8.42. The number of piperidine rings is 1. The van der Waals surface area contributed by atoms with Crippen molar-refractivity contribution in [2.75, 3.05) is 19.7 Å². The summed E-state index contributed by atoms with van der Waals surface area (Å²) < 4.78 is 5.56. The summed E-state index contributed by atoms with van der Waals surface area (Å²) in [6.07, 6.45) is 4.05. The fraction of sp³-hybridized carbons (Fsp3) is 0.412. The zero-order valence-electron chi connectivity index (χ0n) is 12.7. The average Bonchev–Trinajstić information content (AvgIpc) is 3.00. The van der Waals surface area contributed by atoms with E-state index < -0.39 is 0 Å². The first kappa shape index (κ1) is 15.0. The summed E-state index contributed by atoms with van der Waals surface area (Å²) in [6, 6.07) is 9.47. The molecule has 1 saturated heterocycles. The second-order valence-corrected chi connectivity index (χ2v) is 6.86. The van der Waals surface area contributed by atoms with Gasteiger partial charge in [0.15, 0.2) is 6.61 Å². The van der Waals surface area contributed by atoms with Gasteiger partial charge >= 0.3 is 0 Å². The van der Waals surface area contributed by atoms with Crippen molar-refractivity contribution in [3.05, 3.63) is 46.4 Å². The lowest BCUT2D eigenvalue weighted by Crippen LogP contribution is -2.41. The molecular weight excluding hydrogens is 296 g/mol. The minimum absolute atomic E-state index is 0.0573. The third kappa shape index (κ3) is 3.65. The van der Waals surface area contributed by atoms with Gasteiger partial charge in [0, 0.05) is 30.1 Å². The molecule has 0 radical (unpaired) electrons. The highest BCUT2D eigenvalue weighted by Gasteiger charge is 2.26. The number of aromatic nitrogens is 1. The summed E-state index contributed by atoms with van der Waals surface area (Å²) in [5, 5.41) is 1.15. The molecule has 3 rings (SSSR count). The third-order valence-electron chi connectivity index (χ3n) is 3.87. The lowest BCUT2D eigenvalue weighted by atomic mass is 9.99. The van der Waals surface area contributed by atoms with Gasteiger partial charge in [0.05, 0.1) is 5.01 Å². The fourth-order valence-electron chi connectivity index (χ4n) is 2.72. The number of ether oxygens (including phenoxy) is 1. The minimum Gasteiger partial charge on any atom is -0.484 e. The number of benzene rings is 1. The molecule has 0 aliphatic carbocycles. The van der Waals surface area contributed by atoms with E-state index in [1.165, 1.54) is 4.88 Å². The van der Waals surface area contributed by atoms with Gasteiger partial charge in [0.1, 0.15) is 5.75 Å². The molecule has 1 fully saturated rings. The maximum absolute atomic E-state index is 12.3. The molecule has 1 amide bonds. The van der Waals surface area contributed by atoms with Gasteiger partial charge in [-0.25, -0.2) is 4.98 Å². The molecule has 4 nitrogen and oxygen atoms in total. The number of carbonyl (C=O) groups excluding carboxylic acids is 1. The molecule has 0 N–H and O–H groups in total. The fourth-order valence-corrected chi connectivity index (χ4v) is 3.62. The van der Waals surface area contributed by atoms with Crippen LogP contribution in [0.1, 0.15) is 28.6 Å². The summed E-state index contributed by atoms with van der Waals surface area (Å²) in [5.74, 6) is 1.16. The Morgan fingerprint density at radius 2 is 2.23 bits per heavy atom. The van der Waals surface area contributed by atoms with E-state index in [9.17, 15) is 4.79 Å². The summed E-state index contributed by atoms with van der Waals surface area (Å²) in [7, 11) is 0. The van der Waals surface area contributed by atoms with Crippen molar-refractivity contribution < 1.29 is 9.53 Å². The van der Waals surface area contributed by atoms with E-state index in [1.807, 2.05) is 41.4 Å². The average molecular weight is 316 g/mol. The molecule has 1 aliphatic rings. The van der Waals surface area contributed by atoms with Crippen molar-refractivity contribution in [1.29, 1.82) is 0 Å². The first-order chi connectivity index (χ1) is 10.7. The number of likely N-dealkylation sites (tertiary alicyclic amines) is 1.